The highest BCUT2D eigenvalue weighted by Crippen LogP contribution is 2.28. The van der Waals surface area contributed by atoms with E-state index in [4.69, 9.17) is 4.42 Å². The highest BCUT2D eigenvalue weighted by Gasteiger charge is 2.26. The second kappa shape index (κ2) is 7.52. The third kappa shape index (κ3) is 3.88. The van der Waals surface area contributed by atoms with Gasteiger partial charge in [0.1, 0.15) is 5.82 Å². The van der Waals surface area contributed by atoms with Crippen LogP contribution in [0.1, 0.15) is 18.1 Å². The Kier molecular flexibility index (Phi) is 4.94. The van der Waals surface area contributed by atoms with Gasteiger partial charge in [0.25, 0.3) is 5.22 Å². The number of hydrogen-bond donors (Lipinski definition) is 0. The van der Waals surface area contributed by atoms with Crippen molar-refractivity contribution in [3.8, 4) is 11.5 Å². The fourth-order valence-electron chi connectivity index (χ4n) is 3.11. The standard InChI is InChI=1S/C20H18FN3O2S/c1-13(19(25)24-11-10-14-4-2-3-5-16(14)12-24)27-20-23-22-18(26-20)15-6-8-17(21)9-7-15/h2-9,13H,10-12H2,1H3/t13-/m0/s1. The predicted molar refractivity (Wildman–Crippen MR) is 101 cm³/mol. The van der Waals surface area contributed by atoms with Gasteiger partial charge in [0.2, 0.25) is 11.8 Å². The molecule has 5 nitrogen and oxygen atoms in total. The number of amides is 1. The lowest BCUT2D eigenvalue weighted by Crippen LogP contribution is -2.40. The molecule has 1 aliphatic heterocycles. The van der Waals surface area contributed by atoms with Crippen LogP contribution < -0.4 is 0 Å². The molecule has 0 bridgehead atoms. The smallest absolute Gasteiger partial charge is 0.277 e. The maximum absolute atomic E-state index is 13.0. The van der Waals surface area contributed by atoms with Crippen LogP contribution in [0.25, 0.3) is 11.5 Å². The summed E-state index contributed by atoms with van der Waals surface area (Å²) in [6.45, 7) is 3.19. The SMILES string of the molecule is C[C@H](Sc1nnc(-c2ccc(F)cc2)o1)C(=O)N1CCc2ccccc2C1. The Morgan fingerprint density at radius 3 is 2.67 bits per heavy atom. The Hall–Kier alpha value is -2.67. The molecule has 0 fully saturated rings. The molecule has 2 aromatic carbocycles. The van der Waals surface area contributed by atoms with Crippen molar-refractivity contribution in [3.63, 3.8) is 0 Å². The number of rotatable bonds is 4. The molecule has 0 saturated heterocycles. The zero-order chi connectivity index (χ0) is 18.8. The van der Waals surface area contributed by atoms with Crippen LogP contribution in [0.15, 0.2) is 58.2 Å². The van der Waals surface area contributed by atoms with E-state index in [1.165, 1.54) is 35.0 Å². The number of nitrogens with zero attached hydrogens (tertiary/aromatic N) is 3. The second-order valence-electron chi connectivity index (χ2n) is 6.42. The van der Waals surface area contributed by atoms with E-state index in [2.05, 4.69) is 22.3 Å². The van der Waals surface area contributed by atoms with Crippen molar-refractivity contribution in [1.29, 1.82) is 0 Å². The Morgan fingerprint density at radius 2 is 1.89 bits per heavy atom. The van der Waals surface area contributed by atoms with Crippen LogP contribution in [0, 0.1) is 5.82 Å². The lowest BCUT2D eigenvalue weighted by atomic mass is 10.00. The molecule has 0 aliphatic carbocycles. The molecule has 0 N–H and O–H groups in total. The predicted octanol–water partition coefficient (Wildman–Crippen LogP) is 3.94. The van der Waals surface area contributed by atoms with Crippen molar-refractivity contribution < 1.29 is 13.6 Å². The number of carbonyl (C=O) groups excluding carboxylic acids is 1. The van der Waals surface area contributed by atoms with Crippen LogP contribution in [-0.4, -0.2) is 32.8 Å². The normalized spacial score (nSPS) is 14.7. The minimum atomic E-state index is -0.336. The number of aromatic nitrogens is 2. The second-order valence-corrected chi connectivity index (χ2v) is 7.71. The van der Waals surface area contributed by atoms with Crippen LogP contribution in [0.3, 0.4) is 0 Å². The van der Waals surface area contributed by atoms with Crippen LogP contribution in [0.4, 0.5) is 4.39 Å². The molecule has 1 amide bonds. The highest BCUT2D eigenvalue weighted by atomic mass is 32.2. The van der Waals surface area contributed by atoms with Crippen molar-refractivity contribution in [2.45, 2.75) is 30.4 Å². The van der Waals surface area contributed by atoms with Crippen molar-refractivity contribution >= 4 is 17.7 Å². The Labute approximate surface area is 160 Å². The molecular weight excluding hydrogens is 365 g/mol. The van der Waals surface area contributed by atoms with E-state index in [0.29, 0.717) is 29.8 Å². The first-order valence-corrected chi connectivity index (χ1v) is 9.60. The number of hydrogen-bond acceptors (Lipinski definition) is 5. The summed E-state index contributed by atoms with van der Waals surface area (Å²) in [5.41, 5.74) is 3.15. The average molecular weight is 383 g/mol. The largest absolute Gasteiger partial charge is 0.411 e. The van der Waals surface area contributed by atoms with Crippen molar-refractivity contribution in [3.05, 3.63) is 65.5 Å². The molecule has 2 heterocycles. The summed E-state index contributed by atoms with van der Waals surface area (Å²) in [5.74, 6) is 0.0373. The van der Waals surface area contributed by atoms with Gasteiger partial charge in [-0.25, -0.2) is 4.39 Å². The van der Waals surface area contributed by atoms with Crippen molar-refractivity contribution in [1.82, 2.24) is 15.1 Å². The number of halogens is 1. The zero-order valence-corrected chi connectivity index (χ0v) is 15.6. The van der Waals surface area contributed by atoms with E-state index < -0.39 is 0 Å². The summed E-state index contributed by atoms with van der Waals surface area (Å²) >= 11 is 1.24. The maximum Gasteiger partial charge on any atom is 0.277 e. The van der Waals surface area contributed by atoms with Gasteiger partial charge in [0.15, 0.2) is 0 Å². The first-order chi connectivity index (χ1) is 13.1. The molecule has 0 spiro atoms. The van der Waals surface area contributed by atoms with Gasteiger partial charge in [-0.2, -0.15) is 0 Å². The molecule has 1 aromatic heterocycles. The van der Waals surface area contributed by atoms with E-state index in [0.717, 1.165) is 6.42 Å². The topological polar surface area (TPSA) is 59.2 Å². The third-order valence-corrected chi connectivity index (χ3v) is 5.49. The van der Waals surface area contributed by atoms with Gasteiger partial charge in [-0.3, -0.25) is 4.79 Å². The summed E-state index contributed by atoms with van der Waals surface area (Å²) in [6.07, 6.45) is 0.870. The molecule has 0 saturated carbocycles. The Balaban J connectivity index is 1.41. The fourth-order valence-corrected chi connectivity index (χ4v) is 3.88. The lowest BCUT2D eigenvalue weighted by Gasteiger charge is -2.30. The number of thioether (sulfide) groups is 1. The number of carbonyl (C=O) groups is 1. The van der Waals surface area contributed by atoms with E-state index in [-0.39, 0.29) is 17.0 Å². The molecular formula is C20H18FN3O2S. The third-order valence-electron chi connectivity index (χ3n) is 4.57. The summed E-state index contributed by atoms with van der Waals surface area (Å²) in [5, 5.41) is 7.98. The monoisotopic (exact) mass is 383 g/mol. The summed E-state index contributed by atoms with van der Waals surface area (Å²) in [4.78, 5) is 14.7. The minimum absolute atomic E-state index is 0.0519. The summed E-state index contributed by atoms with van der Waals surface area (Å²) in [6, 6.07) is 14.1. The van der Waals surface area contributed by atoms with Gasteiger partial charge in [-0.15, -0.1) is 10.2 Å². The van der Waals surface area contributed by atoms with Crippen molar-refractivity contribution in [2.75, 3.05) is 6.54 Å². The van der Waals surface area contributed by atoms with E-state index in [9.17, 15) is 9.18 Å². The molecule has 0 radical (unpaired) electrons. The molecule has 3 aromatic rings. The van der Waals surface area contributed by atoms with E-state index in [1.54, 1.807) is 12.1 Å². The van der Waals surface area contributed by atoms with Gasteiger partial charge in [0.05, 0.1) is 5.25 Å². The first-order valence-electron chi connectivity index (χ1n) is 8.72. The Morgan fingerprint density at radius 1 is 1.15 bits per heavy atom. The van der Waals surface area contributed by atoms with Crippen LogP contribution in [0.2, 0.25) is 0 Å². The maximum atomic E-state index is 13.0. The van der Waals surface area contributed by atoms with Gasteiger partial charge in [0, 0.05) is 18.7 Å². The van der Waals surface area contributed by atoms with Crippen molar-refractivity contribution in [2.24, 2.45) is 0 Å². The van der Waals surface area contributed by atoms with Crippen LogP contribution in [0.5, 0.6) is 0 Å². The van der Waals surface area contributed by atoms with Gasteiger partial charge in [-0.1, -0.05) is 36.0 Å². The van der Waals surface area contributed by atoms with E-state index in [1.807, 2.05) is 24.0 Å². The quantitative estimate of drug-likeness (QED) is 0.639. The summed E-state index contributed by atoms with van der Waals surface area (Å²) in [7, 11) is 0. The van der Waals surface area contributed by atoms with Gasteiger partial charge < -0.3 is 9.32 Å². The molecule has 7 heteroatoms. The number of benzene rings is 2. The van der Waals surface area contributed by atoms with Gasteiger partial charge >= 0.3 is 0 Å². The summed E-state index contributed by atoms with van der Waals surface area (Å²) < 4.78 is 18.6. The molecule has 27 heavy (non-hydrogen) atoms. The molecule has 1 aliphatic rings. The minimum Gasteiger partial charge on any atom is -0.411 e. The highest BCUT2D eigenvalue weighted by molar-refractivity contribution is 8.00. The zero-order valence-electron chi connectivity index (χ0n) is 14.8. The Bertz CT molecular complexity index is 958. The average Bonchev–Trinajstić information content (AvgIpc) is 3.16. The van der Waals surface area contributed by atoms with E-state index >= 15 is 0 Å². The van der Waals surface area contributed by atoms with Crippen LogP contribution in [-0.2, 0) is 17.8 Å². The molecule has 138 valence electrons. The molecule has 1 atom stereocenters. The lowest BCUT2D eigenvalue weighted by molar-refractivity contribution is -0.131. The fraction of sp³-hybridized carbons (Fsp3) is 0.250. The number of fused-ring (bicyclic) bond motifs is 1. The van der Waals surface area contributed by atoms with Crippen LogP contribution >= 0.6 is 11.8 Å². The first kappa shape index (κ1) is 17.7. The molecule has 4 rings (SSSR count). The van der Waals surface area contributed by atoms with Gasteiger partial charge in [-0.05, 0) is 48.7 Å². The molecule has 0 unspecified atom stereocenters.